The van der Waals surface area contributed by atoms with Gasteiger partial charge in [-0.3, -0.25) is 4.79 Å². The Hall–Kier alpha value is 0.870. The molecule has 1 heterocycles. The highest BCUT2D eigenvalue weighted by atomic mass is 35.6. The molecule has 0 bridgehead atoms. The van der Waals surface area contributed by atoms with Crippen molar-refractivity contribution in [1.29, 1.82) is 0 Å². The molecule has 0 saturated carbocycles. The fraction of sp³-hybridized carbons (Fsp3) is 0.750. The Morgan fingerprint density at radius 2 is 1.59 bits per heavy atom. The largest absolute Gasteiger partial charge is 0.349 e. The number of rotatable bonds is 7. The van der Waals surface area contributed by atoms with Crippen LogP contribution in [0.15, 0.2) is 11.1 Å². The fourth-order valence-electron chi connectivity index (χ4n) is 1.80. The number of carbonyl (C=O) groups excluding carboxylic acids is 1. The third-order valence-corrected chi connectivity index (χ3v) is 3.45. The zero-order valence-corrected chi connectivity index (χ0v) is 16.1. The Kier molecular flexibility index (Phi) is 8.38. The van der Waals surface area contributed by atoms with Crippen molar-refractivity contribution in [2.45, 2.75) is 33.6 Å². The van der Waals surface area contributed by atoms with E-state index in [1.165, 1.54) is 0 Å². The molecule has 1 aliphatic heterocycles. The molecule has 0 saturated heterocycles. The first-order chi connectivity index (χ1) is 9.98. The summed E-state index contributed by atoms with van der Waals surface area (Å²) in [6.45, 7) is 2.05. The summed E-state index contributed by atoms with van der Waals surface area (Å²) in [6.07, 6.45) is 0.0452. The van der Waals surface area contributed by atoms with E-state index < -0.39 is 13.9 Å². The average molecular weight is 434 g/mol. The monoisotopic (exact) mass is 431 g/mol. The van der Waals surface area contributed by atoms with Crippen LogP contribution >= 0.6 is 69.6 Å². The van der Waals surface area contributed by atoms with Crippen LogP contribution in [0.1, 0.15) is 19.8 Å². The highest BCUT2D eigenvalue weighted by Crippen LogP contribution is 2.30. The molecule has 1 aliphatic rings. The Morgan fingerprint density at radius 3 is 1.95 bits per heavy atom. The molecular weight excluding hydrogens is 419 g/mol. The Morgan fingerprint density at radius 1 is 1.09 bits per heavy atom. The van der Waals surface area contributed by atoms with Crippen LogP contribution in [0.5, 0.6) is 0 Å². The van der Waals surface area contributed by atoms with Crippen molar-refractivity contribution >= 4 is 75.5 Å². The predicted molar refractivity (Wildman–Crippen MR) is 91.2 cm³/mol. The molecule has 0 aromatic heterocycles. The third-order valence-electron chi connectivity index (χ3n) is 2.80. The van der Waals surface area contributed by atoms with E-state index >= 15 is 0 Å². The Labute approximate surface area is 159 Å². The molecule has 0 unspecified atom stereocenters. The van der Waals surface area contributed by atoms with E-state index in [1.54, 1.807) is 0 Å². The number of nitrogens with one attached hydrogen (secondary N) is 1. The number of carbonyl (C=O) groups is 1. The molecule has 0 radical (unpaired) electrons. The smallest absolute Gasteiger partial charge is 0.247 e. The van der Waals surface area contributed by atoms with Crippen LogP contribution in [0.25, 0.3) is 0 Å². The molecular formula is C12H15Cl6NO3. The maximum Gasteiger partial charge on any atom is 0.247 e. The lowest BCUT2D eigenvalue weighted by molar-refractivity contribution is -0.143. The fourth-order valence-corrected chi connectivity index (χ4v) is 2.18. The topological polar surface area (TPSA) is 47.6 Å². The van der Waals surface area contributed by atoms with Gasteiger partial charge in [-0.05, 0) is 18.9 Å². The van der Waals surface area contributed by atoms with Crippen molar-refractivity contribution in [2.24, 2.45) is 0 Å². The predicted octanol–water partition coefficient (Wildman–Crippen LogP) is 4.31. The zero-order chi connectivity index (χ0) is 17.0. The molecule has 0 aliphatic carbocycles. The van der Waals surface area contributed by atoms with Gasteiger partial charge in [-0.25, -0.2) is 0 Å². The van der Waals surface area contributed by atoms with E-state index in [2.05, 4.69) is 5.32 Å². The van der Waals surface area contributed by atoms with E-state index in [1.807, 2.05) is 6.92 Å². The minimum atomic E-state index is -1.58. The number of halogens is 6. The number of amides is 1. The summed E-state index contributed by atoms with van der Waals surface area (Å²) in [4.78, 5) is 11.7. The van der Waals surface area contributed by atoms with Gasteiger partial charge in [-0.15, -0.1) is 0 Å². The zero-order valence-electron chi connectivity index (χ0n) is 11.6. The summed E-state index contributed by atoms with van der Waals surface area (Å²) >= 11 is 33.8. The number of hydrogen-bond donors (Lipinski definition) is 1. The Balaban J connectivity index is 2.57. The Bertz CT molecular complexity index is 412. The number of hydrogen-bond acceptors (Lipinski definition) is 3. The summed E-state index contributed by atoms with van der Waals surface area (Å²) < 4.78 is 7.60. The van der Waals surface area contributed by atoms with E-state index in [0.717, 1.165) is 5.57 Å². The maximum atomic E-state index is 11.7. The molecule has 0 spiro atoms. The molecule has 1 rings (SSSR count). The SMILES string of the molecule is CC1=C(CCC(OCC(Cl)(Cl)Cl)OCC(Cl)(Cl)Cl)C(=O)NC1. The van der Waals surface area contributed by atoms with Crippen LogP contribution in [0.4, 0.5) is 0 Å². The molecule has 22 heavy (non-hydrogen) atoms. The second-order valence-corrected chi connectivity index (χ2v) is 9.79. The maximum absolute atomic E-state index is 11.7. The first-order valence-corrected chi connectivity index (χ1v) is 8.58. The van der Waals surface area contributed by atoms with Crippen molar-refractivity contribution < 1.29 is 14.3 Å². The molecule has 4 nitrogen and oxygen atoms in total. The highest BCUT2D eigenvalue weighted by Gasteiger charge is 2.27. The van der Waals surface area contributed by atoms with Gasteiger partial charge in [0.05, 0.1) is 13.2 Å². The van der Waals surface area contributed by atoms with E-state index in [9.17, 15) is 4.79 Å². The van der Waals surface area contributed by atoms with Crippen LogP contribution in [-0.2, 0) is 14.3 Å². The molecule has 1 N–H and O–H groups in total. The summed E-state index contributed by atoms with van der Waals surface area (Å²) in [6, 6.07) is 0. The first-order valence-electron chi connectivity index (χ1n) is 6.31. The lowest BCUT2D eigenvalue weighted by Crippen LogP contribution is -2.27. The standard InChI is InChI=1S/C12H15Cl6NO3/c1-7-4-19-10(20)8(7)2-3-9(21-5-11(13,14)15)22-6-12(16,17)18/h9H,2-6H2,1H3,(H,19,20). The molecule has 0 aromatic rings. The molecule has 128 valence electrons. The quantitative estimate of drug-likeness (QED) is 0.480. The molecule has 0 aromatic carbocycles. The van der Waals surface area contributed by atoms with Crippen LogP contribution in [0, 0.1) is 0 Å². The summed E-state index contributed by atoms with van der Waals surface area (Å²) in [5.41, 5.74) is 1.67. The van der Waals surface area contributed by atoms with Gasteiger partial charge in [-0.1, -0.05) is 69.6 Å². The minimum absolute atomic E-state index is 0.0981. The van der Waals surface area contributed by atoms with E-state index in [-0.39, 0.29) is 19.1 Å². The lowest BCUT2D eigenvalue weighted by atomic mass is 10.1. The van der Waals surface area contributed by atoms with E-state index in [0.29, 0.717) is 25.0 Å². The van der Waals surface area contributed by atoms with Crippen LogP contribution < -0.4 is 5.32 Å². The first kappa shape index (κ1) is 20.9. The summed E-state index contributed by atoms with van der Waals surface area (Å²) in [5, 5.41) is 2.73. The summed E-state index contributed by atoms with van der Waals surface area (Å²) in [5.74, 6) is -0.0981. The molecule has 0 fully saturated rings. The van der Waals surface area contributed by atoms with Gasteiger partial charge in [0.1, 0.15) is 0 Å². The van der Waals surface area contributed by atoms with Crippen LogP contribution in [0.3, 0.4) is 0 Å². The van der Waals surface area contributed by atoms with Gasteiger partial charge >= 0.3 is 0 Å². The van der Waals surface area contributed by atoms with Gasteiger partial charge in [-0.2, -0.15) is 0 Å². The molecule has 10 heteroatoms. The van der Waals surface area contributed by atoms with Crippen molar-refractivity contribution in [2.75, 3.05) is 19.8 Å². The van der Waals surface area contributed by atoms with Crippen LogP contribution in [0.2, 0.25) is 0 Å². The van der Waals surface area contributed by atoms with E-state index in [4.69, 9.17) is 79.1 Å². The normalized spacial score (nSPS) is 16.6. The van der Waals surface area contributed by atoms with Crippen molar-refractivity contribution in [3.63, 3.8) is 0 Å². The second-order valence-electron chi connectivity index (χ2n) is 4.76. The van der Waals surface area contributed by atoms with Crippen LogP contribution in [-0.4, -0.2) is 39.5 Å². The second kappa shape index (κ2) is 8.82. The number of ether oxygens (including phenoxy) is 2. The highest BCUT2D eigenvalue weighted by molar-refractivity contribution is 6.68. The lowest BCUT2D eigenvalue weighted by Gasteiger charge is -2.23. The van der Waals surface area contributed by atoms with Crippen molar-refractivity contribution in [3.05, 3.63) is 11.1 Å². The summed E-state index contributed by atoms with van der Waals surface area (Å²) in [7, 11) is 0. The van der Waals surface area contributed by atoms with Crippen molar-refractivity contribution in [1.82, 2.24) is 5.32 Å². The minimum Gasteiger partial charge on any atom is -0.349 e. The number of alkyl halides is 6. The van der Waals surface area contributed by atoms with Gasteiger partial charge in [0.2, 0.25) is 13.5 Å². The van der Waals surface area contributed by atoms with Crippen molar-refractivity contribution in [3.8, 4) is 0 Å². The van der Waals surface area contributed by atoms with Gasteiger partial charge in [0.15, 0.2) is 6.29 Å². The van der Waals surface area contributed by atoms with Gasteiger partial charge in [0.25, 0.3) is 0 Å². The third kappa shape index (κ3) is 8.65. The van der Waals surface area contributed by atoms with Gasteiger partial charge in [0, 0.05) is 18.5 Å². The molecule has 0 atom stereocenters. The average Bonchev–Trinajstić information content (AvgIpc) is 2.66. The van der Waals surface area contributed by atoms with Gasteiger partial charge < -0.3 is 14.8 Å². The molecule has 1 amide bonds.